The van der Waals surface area contributed by atoms with E-state index in [0.717, 1.165) is 24.3 Å². The van der Waals surface area contributed by atoms with E-state index in [2.05, 4.69) is 0 Å². The lowest BCUT2D eigenvalue weighted by molar-refractivity contribution is -0.137. The first-order chi connectivity index (χ1) is 12.6. The number of hydrogen-bond donors (Lipinski definition) is 1. The first-order valence-corrected chi connectivity index (χ1v) is 9.00. The van der Waals surface area contributed by atoms with Gasteiger partial charge in [0.2, 0.25) is 5.91 Å². The second-order valence-corrected chi connectivity index (χ2v) is 7.17. The summed E-state index contributed by atoms with van der Waals surface area (Å²) >= 11 is 0. The molecule has 1 aromatic carbocycles. The number of aliphatic hydroxyl groups excluding tert-OH is 1. The molecular weight excluding hydrogens is 361 g/mol. The molecule has 27 heavy (non-hydrogen) atoms. The first-order valence-electron chi connectivity index (χ1n) is 9.00. The van der Waals surface area contributed by atoms with Gasteiger partial charge in [-0.1, -0.05) is 13.8 Å². The Morgan fingerprint density at radius 2 is 1.78 bits per heavy atom. The van der Waals surface area contributed by atoms with Gasteiger partial charge in [0.05, 0.1) is 18.2 Å². The number of carbonyl (C=O) groups excluding carboxylic acids is 2. The van der Waals surface area contributed by atoms with E-state index in [1.807, 2.05) is 13.8 Å². The number of alkyl halides is 3. The second kappa shape index (κ2) is 8.73. The molecule has 2 amide bonds. The van der Waals surface area contributed by atoms with Gasteiger partial charge >= 0.3 is 6.18 Å². The van der Waals surface area contributed by atoms with Crippen molar-refractivity contribution >= 4 is 11.8 Å². The smallest absolute Gasteiger partial charge is 0.394 e. The highest BCUT2D eigenvalue weighted by atomic mass is 19.4. The minimum atomic E-state index is -4.45. The van der Waals surface area contributed by atoms with Gasteiger partial charge < -0.3 is 14.9 Å². The van der Waals surface area contributed by atoms with Gasteiger partial charge in [0.25, 0.3) is 5.91 Å². The van der Waals surface area contributed by atoms with Crippen LogP contribution < -0.4 is 0 Å². The van der Waals surface area contributed by atoms with Gasteiger partial charge in [-0.2, -0.15) is 13.2 Å². The van der Waals surface area contributed by atoms with Gasteiger partial charge in [-0.3, -0.25) is 9.59 Å². The molecule has 0 aromatic heterocycles. The van der Waals surface area contributed by atoms with E-state index in [4.69, 9.17) is 0 Å². The predicted molar refractivity (Wildman–Crippen MR) is 94.0 cm³/mol. The van der Waals surface area contributed by atoms with Crippen LogP contribution in [0.4, 0.5) is 13.2 Å². The molecule has 0 spiro atoms. The molecule has 1 aliphatic heterocycles. The minimum Gasteiger partial charge on any atom is -0.394 e. The Morgan fingerprint density at radius 3 is 2.30 bits per heavy atom. The van der Waals surface area contributed by atoms with Crippen molar-refractivity contribution in [3.8, 4) is 0 Å². The molecule has 0 saturated carbocycles. The summed E-state index contributed by atoms with van der Waals surface area (Å²) in [6.45, 7) is 4.64. The summed E-state index contributed by atoms with van der Waals surface area (Å²) in [5, 5.41) is 9.62. The Bertz CT molecular complexity index is 659. The van der Waals surface area contributed by atoms with Gasteiger partial charge in [0.15, 0.2) is 0 Å². The summed E-state index contributed by atoms with van der Waals surface area (Å²) in [7, 11) is 0. The van der Waals surface area contributed by atoms with Gasteiger partial charge in [-0.05, 0) is 36.6 Å². The van der Waals surface area contributed by atoms with Crippen LogP contribution in [0.1, 0.15) is 42.6 Å². The van der Waals surface area contributed by atoms with Crippen LogP contribution in [-0.2, 0) is 11.0 Å². The van der Waals surface area contributed by atoms with E-state index in [1.54, 1.807) is 4.90 Å². The molecule has 150 valence electrons. The number of carbonyl (C=O) groups is 2. The standard InChI is InChI=1S/C19H25F3N2O3/c1-13(2)11-16(12-25)24-10-9-23(8-7-17(24)26)18(27)14-3-5-15(6-4-14)19(20,21)22/h3-6,13,16,25H,7-12H2,1-2H3. The van der Waals surface area contributed by atoms with Crippen LogP contribution in [0.15, 0.2) is 24.3 Å². The third-order valence-corrected chi connectivity index (χ3v) is 4.67. The quantitative estimate of drug-likeness (QED) is 0.847. The zero-order chi connectivity index (χ0) is 20.2. The molecule has 1 aromatic rings. The number of halogens is 3. The van der Waals surface area contributed by atoms with E-state index < -0.39 is 17.6 Å². The van der Waals surface area contributed by atoms with Crippen LogP contribution in [0.5, 0.6) is 0 Å². The Kier molecular flexibility index (Phi) is 6.86. The molecule has 1 N–H and O–H groups in total. The second-order valence-electron chi connectivity index (χ2n) is 7.17. The van der Waals surface area contributed by atoms with Crippen LogP contribution in [0, 0.1) is 5.92 Å². The Hall–Kier alpha value is -2.09. The molecule has 8 heteroatoms. The average molecular weight is 386 g/mol. The topological polar surface area (TPSA) is 60.9 Å². The van der Waals surface area contributed by atoms with Gasteiger partial charge in [0, 0.05) is 31.6 Å². The lowest BCUT2D eigenvalue weighted by Crippen LogP contribution is -2.44. The Morgan fingerprint density at radius 1 is 1.15 bits per heavy atom. The molecule has 1 heterocycles. The summed E-state index contributed by atoms with van der Waals surface area (Å²) in [5.41, 5.74) is -0.652. The maximum Gasteiger partial charge on any atom is 0.416 e. The van der Waals surface area contributed by atoms with E-state index in [1.165, 1.54) is 4.90 Å². The van der Waals surface area contributed by atoms with Crippen molar-refractivity contribution in [3.63, 3.8) is 0 Å². The minimum absolute atomic E-state index is 0.126. The van der Waals surface area contributed by atoms with E-state index in [0.29, 0.717) is 18.9 Å². The molecule has 1 saturated heterocycles. The molecule has 0 radical (unpaired) electrons. The van der Waals surface area contributed by atoms with E-state index in [9.17, 15) is 27.9 Å². The number of benzene rings is 1. The summed E-state index contributed by atoms with van der Waals surface area (Å²) < 4.78 is 38.0. The molecule has 1 aliphatic rings. The fraction of sp³-hybridized carbons (Fsp3) is 0.579. The number of rotatable bonds is 5. The number of aliphatic hydroxyl groups is 1. The van der Waals surface area contributed by atoms with Crippen molar-refractivity contribution in [1.82, 2.24) is 9.80 Å². The van der Waals surface area contributed by atoms with Crippen molar-refractivity contribution in [2.45, 2.75) is 38.9 Å². The molecular formula is C19H25F3N2O3. The maximum atomic E-state index is 12.7. The third-order valence-electron chi connectivity index (χ3n) is 4.67. The summed E-state index contributed by atoms with van der Waals surface area (Å²) in [6.07, 6.45) is -3.66. The predicted octanol–water partition coefficient (Wildman–Crippen LogP) is 2.79. The summed E-state index contributed by atoms with van der Waals surface area (Å²) in [5.74, 6) is -0.219. The van der Waals surface area contributed by atoms with Crippen LogP contribution in [0.25, 0.3) is 0 Å². The monoisotopic (exact) mass is 386 g/mol. The lowest BCUT2D eigenvalue weighted by Gasteiger charge is -2.30. The Balaban J connectivity index is 2.08. The zero-order valence-electron chi connectivity index (χ0n) is 15.5. The summed E-state index contributed by atoms with van der Waals surface area (Å²) in [4.78, 5) is 28.1. The van der Waals surface area contributed by atoms with Crippen molar-refractivity contribution in [1.29, 1.82) is 0 Å². The number of hydrogen-bond acceptors (Lipinski definition) is 3. The fourth-order valence-electron chi connectivity index (χ4n) is 3.26. The van der Waals surface area contributed by atoms with Gasteiger partial charge in [0.1, 0.15) is 0 Å². The summed E-state index contributed by atoms with van der Waals surface area (Å²) in [6, 6.07) is 3.79. The molecule has 1 fully saturated rings. The zero-order valence-corrected chi connectivity index (χ0v) is 15.5. The number of nitrogens with zero attached hydrogens (tertiary/aromatic N) is 2. The lowest BCUT2D eigenvalue weighted by atomic mass is 10.0. The highest BCUT2D eigenvalue weighted by Gasteiger charge is 2.32. The molecule has 5 nitrogen and oxygen atoms in total. The highest BCUT2D eigenvalue weighted by Crippen LogP contribution is 2.29. The molecule has 1 atom stereocenters. The largest absolute Gasteiger partial charge is 0.416 e. The molecule has 0 aliphatic carbocycles. The van der Waals surface area contributed by atoms with Crippen LogP contribution in [-0.4, -0.2) is 59.0 Å². The van der Waals surface area contributed by atoms with Gasteiger partial charge in [-0.15, -0.1) is 0 Å². The molecule has 2 rings (SSSR count). The Labute approximate surface area is 156 Å². The fourth-order valence-corrected chi connectivity index (χ4v) is 3.26. The van der Waals surface area contributed by atoms with E-state index >= 15 is 0 Å². The van der Waals surface area contributed by atoms with Crippen molar-refractivity contribution in [3.05, 3.63) is 35.4 Å². The maximum absolute atomic E-state index is 12.7. The van der Waals surface area contributed by atoms with Crippen molar-refractivity contribution in [2.24, 2.45) is 5.92 Å². The van der Waals surface area contributed by atoms with E-state index in [-0.39, 0.29) is 43.6 Å². The van der Waals surface area contributed by atoms with Crippen molar-refractivity contribution in [2.75, 3.05) is 26.2 Å². The highest BCUT2D eigenvalue weighted by molar-refractivity contribution is 5.94. The first kappa shape index (κ1) is 21.2. The third kappa shape index (κ3) is 5.45. The van der Waals surface area contributed by atoms with Crippen LogP contribution in [0.2, 0.25) is 0 Å². The van der Waals surface area contributed by atoms with Gasteiger partial charge in [-0.25, -0.2) is 0 Å². The molecule has 0 bridgehead atoms. The average Bonchev–Trinajstić information content (AvgIpc) is 2.80. The van der Waals surface area contributed by atoms with Crippen LogP contribution in [0.3, 0.4) is 0 Å². The number of amides is 2. The van der Waals surface area contributed by atoms with Crippen molar-refractivity contribution < 1.29 is 27.9 Å². The molecule has 1 unspecified atom stereocenters. The normalized spacial score (nSPS) is 17.2. The SMILES string of the molecule is CC(C)CC(CO)N1CCN(C(=O)c2ccc(C(F)(F)F)cc2)CCC1=O. The van der Waals surface area contributed by atoms with Crippen LogP contribution >= 0.6 is 0 Å².